The normalized spacial score (nSPS) is 13.8. The molecule has 2 N–H and O–H groups in total. The Balaban J connectivity index is 1.67. The second kappa shape index (κ2) is 5.29. The van der Waals surface area contributed by atoms with E-state index in [0.717, 1.165) is 15.2 Å². The lowest BCUT2D eigenvalue weighted by molar-refractivity contribution is -0.115. The lowest BCUT2D eigenvalue weighted by Crippen LogP contribution is -2.13. The van der Waals surface area contributed by atoms with Crippen LogP contribution in [0.3, 0.4) is 0 Å². The fourth-order valence-corrected chi connectivity index (χ4v) is 4.66. The average Bonchev–Trinajstić information content (AvgIpc) is 3.05. The first kappa shape index (κ1) is 15.1. The fourth-order valence-electron chi connectivity index (χ4n) is 2.69. The third-order valence-electron chi connectivity index (χ3n) is 3.76. The van der Waals surface area contributed by atoms with Gasteiger partial charge < -0.3 is 5.32 Å². The number of fused-ring (bicyclic) bond motifs is 2. The van der Waals surface area contributed by atoms with Crippen molar-refractivity contribution in [3.05, 3.63) is 47.0 Å². The van der Waals surface area contributed by atoms with Crippen molar-refractivity contribution in [2.45, 2.75) is 18.2 Å². The van der Waals surface area contributed by atoms with E-state index >= 15 is 0 Å². The van der Waals surface area contributed by atoms with Gasteiger partial charge in [-0.05, 0) is 48.9 Å². The molecule has 0 bridgehead atoms. The number of nitrogens with one attached hydrogen (secondary N) is 2. The number of carbonyl (C=O) groups excluding carboxylic acids is 1. The number of hydrogen-bond donors (Lipinski definition) is 2. The van der Waals surface area contributed by atoms with Gasteiger partial charge in [-0.1, -0.05) is 0 Å². The molecule has 2 aromatic carbocycles. The minimum absolute atomic E-state index is 0.126. The van der Waals surface area contributed by atoms with E-state index in [4.69, 9.17) is 0 Å². The summed E-state index contributed by atoms with van der Waals surface area (Å²) in [5, 5.41) is 3.62. The van der Waals surface area contributed by atoms with Crippen LogP contribution in [0.15, 0.2) is 41.3 Å². The summed E-state index contributed by atoms with van der Waals surface area (Å²) in [6, 6.07) is 9.90. The number of nitrogens with zero attached hydrogens (tertiary/aromatic N) is 1. The van der Waals surface area contributed by atoms with Crippen molar-refractivity contribution in [1.29, 1.82) is 0 Å². The van der Waals surface area contributed by atoms with Gasteiger partial charge in [0.05, 0.1) is 32.2 Å². The number of amides is 1. The molecule has 0 radical (unpaired) electrons. The first-order valence-corrected chi connectivity index (χ1v) is 9.53. The Morgan fingerprint density at radius 2 is 2.04 bits per heavy atom. The van der Waals surface area contributed by atoms with Crippen LogP contribution >= 0.6 is 11.3 Å². The molecule has 122 valence electrons. The largest absolute Gasteiger partial charge is 0.326 e. The van der Waals surface area contributed by atoms with Gasteiger partial charge in [-0.15, -0.1) is 11.3 Å². The number of sulfonamides is 1. The number of aryl methyl sites for hydroxylation is 1. The Morgan fingerprint density at radius 1 is 1.21 bits per heavy atom. The van der Waals surface area contributed by atoms with E-state index in [0.29, 0.717) is 16.9 Å². The lowest BCUT2D eigenvalue weighted by Gasteiger charge is -2.09. The molecule has 0 saturated carbocycles. The van der Waals surface area contributed by atoms with Crippen LogP contribution in [0.5, 0.6) is 0 Å². The first-order valence-electron chi connectivity index (χ1n) is 7.23. The number of carbonyl (C=O) groups is 1. The van der Waals surface area contributed by atoms with Gasteiger partial charge in [0.25, 0.3) is 10.0 Å². The highest BCUT2D eigenvalue weighted by molar-refractivity contribution is 7.92. The van der Waals surface area contributed by atoms with Crippen molar-refractivity contribution in [2.75, 3.05) is 10.0 Å². The molecule has 8 heteroatoms. The zero-order chi connectivity index (χ0) is 16.9. The monoisotopic (exact) mass is 359 g/mol. The summed E-state index contributed by atoms with van der Waals surface area (Å²) in [6.45, 7) is 1.91. The Morgan fingerprint density at radius 3 is 2.88 bits per heavy atom. The molecule has 3 aromatic rings. The SMILES string of the molecule is Cc1nc2ccc(NS(=O)(=O)c3ccc4c(c3)CC(=O)N4)cc2s1. The molecule has 6 nitrogen and oxygen atoms in total. The maximum absolute atomic E-state index is 12.6. The fraction of sp³-hybridized carbons (Fsp3) is 0.125. The van der Waals surface area contributed by atoms with Crippen LogP contribution in [0.1, 0.15) is 10.6 Å². The number of aromatic nitrogens is 1. The maximum atomic E-state index is 12.6. The summed E-state index contributed by atoms with van der Waals surface area (Å²) in [4.78, 5) is 15.9. The van der Waals surface area contributed by atoms with Crippen molar-refractivity contribution >= 4 is 48.9 Å². The lowest BCUT2D eigenvalue weighted by atomic mass is 10.2. The van der Waals surface area contributed by atoms with Crippen LogP contribution in [-0.2, 0) is 21.2 Å². The van der Waals surface area contributed by atoms with Gasteiger partial charge >= 0.3 is 0 Å². The summed E-state index contributed by atoms with van der Waals surface area (Å²) in [7, 11) is -3.72. The quantitative estimate of drug-likeness (QED) is 0.753. The topological polar surface area (TPSA) is 88.2 Å². The zero-order valence-corrected chi connectivity index (χ0v) is 14.3. The van der Waals surface area contributed by atoms with Gasteiger partial charge in [-0.2, -0.15) is 0 Å². The summed E-state index contributed by atoms with van der Waals surface area (Å²) >= 11 is 1.51. The molecule has 24 heavy (non-hydrogen) atoms. The van der Waals surface area contributed by atoms with Crippen molar-refractivity contribution in [1.82, 2.24) is 4.98 Å². The second-order valence-electron chi connectivity index (χ2n) is 5.56. The molecule has 1 aromatic heterocycles. The van der Waals surface area contributed by atoms with Crippen molar-refractivity contribution in [3.63, 3.8) is 0 Å². The summed E-state index contributed by atoms with van der Waals surface area (Å²) in [5.74, 6) is -0.126. The Bertz CT molecular complexity index is 1090. The van der Waals surface area contributed by atoms with Crippen LogP contribution in [-0.4, -0.2) is 19.3 Å². The van der Waals surface area contributed by atoms with Gasteiger partial charge in [-0.3, -0.25) is 9.52 Å². The Hall–Kier alpha value is -2.45. The van der Waals surface area contributed by atoms with Crippen molar-refractivity contribution in [2.24, 2.45) is 0 Å². The maximum Gasteiger partial charge on any atom is 0.261 e. The number of hydrogen-bond acceptors (Lipinski definition) is 5. The molecule has 1 amide bonds. The number of thiazole rings is 1. The molecule has 1 aliphatic heterocycles. The predicted molar refractivity (Wildman–Crippen MR) is 93.9 cm³/mol. The average molecular weight is 359 g/mol. The number of rotatable bonds is 3. The Labute approximate surface area is 142 Å². The van der Waals surface area contributed by atoms with Crippen molar-refractivity contribution in [3.8, 4) is 0 Å². The molecule has 2 heterocycles. The molecule has 0 aliphatic carbocycles. The van der Waals surface area contributed by atoms with E-state index in [-0.39, 0.29) is 17.2 Å². The van der Waals surface area contributed by atoms with E-state index in [1.54, 1.807) is 24.3 Å². The van der Waals surface area contributed by atoms with E-state index in [1.807, 2.05) is 6.92 Å². The Kier molecular flexibility index (Phi) is 3.33. The molecule has 1 aliphatic rings. The standard InChI is InChI=1S/C16H13N3O3S2/c1-9-17-14-4-2-11(8-15(14)23-9)19-24(21,22)12-3-5-13-10(6-12)7-16(20)18-13/h2-6,8,19H,7H2,1H3,(H,18,20). The summed E-state index contributed by atoms with van der Waals surface area (Å²) in [5.41, 5.74) is 2.69. The van der Waals surface area contributed by atoms with Crippen LogP contribution in [0, 0.1) is 6.92 Å². The van der Waals surface area contributed by atoms with Gasteiger partial charge in [-0.25, -0.2) is 13.4 Å². The third kappa shape index (κ3) is 2.63. The smallest absolute Gasteiger partial charge is 0.261 e. The highest BCUT2D eigenvalue weighted by Gasteiger charge is 2.22. The first-order chi connectivity index (χ1) is 11.4. The van der Waals surface area contributed by atoms with E-state index in [9.17, 15) is 13.2 Å². The van der Waals surface area contributed by atoms with Crippen LogP contribution < -0.4 is 10.0 Å². The van der Waals surface area contributed by atoms with Gasteiger partial charge in [0.15, 0.2) is 0 Å². The highest BCUT2D eigenvalue weighted by atomic mass is 32.2. The molecule has 0 atom stereocenters. The molecule has 0 fully saturated rings. The zero-order valence-electron chi connectivity index (χ0n) is 12.7. The van der Waals surface area contributed by atoms with E-state index in [1.165, 1.54) is 23.5 Å². The van der Waals surface area contributed by atoms with Gasteiger partial charge in [0.1, 0.15) is 0 Å². The number of anilines is 2. The minimum Gasteiger partial charge on any atom is -0.326 e. The van der Waals surface area contributed by atoms with Crippen LogP contribution in [0.2, 0.25) is 0 Å². The second-order valence-corrected chi connectivity index (χ2v) is 8.48. The third-order valence-corrected chi connectivity index (χ3v) is 6.07. The molecule has 0 spiro atoms. The molecule has 4 rings (SSSR count). The van der Waals surface area contributed by atoms with Crippen LogP contribution in [0.25, 0.3) is 10.2 Å². The predicted octanol–water partition coefficient (Wildman–Crippen LogP) is 2.90. The van der Waals surface area contributed by atoms with E-state index in [2.05, 4.69) is 15.0 Å². The van der Waals surface area contributed by atoms with E-state index < -0.39 is 10.0 Å². The number of benzene rings is 2. The summed E-state index contributed by atoms with van der Waals surface area (Å²) in [6.07, 6.45) is 0.199. The minimum atomic E-state index is -3.72. The highest BCUT2D eigenvalue weighted by Crippen LogP contribution is 2.28. The van der Waals surface area contributed by atoms with Gasteiger partial charge in [0.2, 0.25) is 5.91 Å². The molecule has 0 saturated heterocycles. The molecular formula is C16H13N3O3S2. The summed E-state index contributed by atoms with van der Waals surface area (Å²) < 4.78 is 28.7. The molecule has 0 unspecified atom stereocenters. The molecular weight excluding hydrogens is 346 g/mol. The van der Waals surface area contributed by atoms with Crippen LogP contribution in [0.4, 0.5) is 11.4 Å². The van der Waals surface area contributed by atoms with Gasteiger partial charge in [0, 0.05) is 5.69 Å². The van der Waals surface area contributed by atoms with Crippen molar-refractivity contribution < 1.29 is 13.2 Å².